The highest BCUT2D eigenvalue weighted by Crippen LogP contribution is 2.27. The van der Waals surface area contributed by atoms with E-state index in [-0.39, 0.29) is 18.0 Å². The second kappa shape index (κ2) is 5.58. The van der Waals surface area contributed by atoms with Gasteiger partial charge in [-0.05, 0) is 19.4 Å². The van der Waals surface area contributed by atoms with Gasteiger partial charge in [-0.2, -0.15) is 17.4 Å². The van der Waals surface area contributed by atoms with E-state index in [0.29, 0.717) is 13.1 Å². The standard InChI is InChI=1S/C13H21N3O2S/c1-10(2)15-19(17,18)16-8-12(13(14)9-16)11-6-4-3-5-7-11/h3-7,10,12-13,15H,8-9,14H2,1-2H3/t12-,13+/m0/s1. The summed E-state index contributed by atoms with van der Waals surface area (Å²) in [5.74, 6) is 0.0601. The molecule has 0 aromatic heterocycles. The number of rotatable bonds is 4. The van der Waals surface area contributed by atoms with Crippen molar-refractivity contribution in [2.24, 2.45) is 5.73 Å². The molecule has 1 aromatic carbocycles. The molecule has 106 valence electrons. The van der Waals surface area contributed by atoms with Gasteiger partial charge in [0.1, 0.15) is 0 Å². The number of hydrogen-bond donors (Lipinski definition) is 2. The minimum Gasteiger partial charge on any atom is -0.326 e. The zero-order chi connectivity index (χ0) is 14.0. The minimum absolute atomic E-state index is 0.0601. The molecule has 2 atom stereocenters. The van der Waals surface area contributed by atoms with Gasteiger partial charge in [-0.15, -0.1) is 0 Å². The summed E-state index contributed by atoms with van der Waals surface area (Å²) in [7, 11) is -3.43. The van der Waals surface area contributed by atoms with Crippen molar-refractivity contribution >= 4 is 10.2 Å². The lowest BCUT2D eigenvalue weighted by molar-refractivity contribution is 0.452. The second-order valence-corrected chi connectivity index (χ2v) is 6.98. The number of nitrogens with one attached hydrogen (secondary N) is 1. The van der Waals surface area contributed by atoms with Crippen LogP contribution in [-0.2, 0) is 10.2 Å². The van der Waals surface area contributed by atoms with Crippen molar-refractivity contribution in [3.05, 3.63) is 35.9 Å². The molecule has 0 bridgehead atoms. The molecule has 0 spiro atoms. The molecule has 0 radical (unpaired) electrons. The molecule has 6 heteroatoms. The second-order valence-electron chi connectivity index (χ2n) is 5.28. The Morgan fingerprint density at radius 3 is 2.47 bits per heavy atom. The molecule has 1 saturated heterocycles. The fourth-order valence-corrected chi connectivity index (χ4v) is 3.88. The summed E-state index contributed by atoms with van der Waals surface area (Å²) in [6, 6.07) is 9.56. The zero-order valence-electron chi connectivity index (χ0n) is 11.3. The third-order valence-corrected chi connectivity index (χ3v) is 5.03. The predicted octanol–water partition coefficient (Wildman–Crippen LogP) is 0.656. The summed E-state index contributed by atoms with van der Waals surface area (Å²) in [6.07, 6.45) is 0. The molecule has 1 heterocycles. The first-order chi connectivity index (χ1) is 8.90. The van der Waals surface area contributed by atoms with Gasteiger partial charge in [-0.25, -0.2) is 0 Å². The van der Waals surface area contributed by atoms with E-state index >= 15 is 0 Å². The van der Waals surface area contributed by atoms with Crippen molar-refractivity contribution in [1.29, 1.82) is 0 Å². The van der Waals surface area contributed by atoms with Crippen LogP contribution in [0.4, 0.5) is 0 Å². The Morgan fingerprint density at radius 2 is 1.89 bits per heavy atom. The number of benzene rings is 1. The van der Waals surface area contributed by atoms with Gasteiger partial charge in [0.2, 0.25) is 0 Å². The summed E-state index contributed by atoms with van der Waals surface area (Å²) >= 11 is 0. The van der Waals surface area contributed by atoms with E-state index < -0.39 is 10.2 Å². The summed E-state index contributed by atoms with van der Waals surface area (Å²) in [4.78, 5) is 0. The maximum atomic E-state index is 12.1. The average molecular weight is 283 g/mol. The van der Waals surface area contributed by atoms with E-state index in [9.17, 15) is 8.42 Å². The highest BCUT2D eigenvalue weighted by Gasteiger charge is 2.37. The third-order valence-electron chi connectivity index (χ3n) is 3.28. The van der Waals surface area contributed by atoms with Gasteiger partial charge in [-0.3, -0.25) is 0 Å². The molecule has 1 aliphatic heterocycles. The van der Waals surface area contributed by atoms with Gasteiger partial charge in [0, 0.05) is 31.1 Å². The highest BCUT2D eigenvalue weighted by molar-refractivity contribution is 7.87. The molecule has 0 saturated carbocycles. The zero-order valence-corrected chi connectivity index (χ0v) is 12.1. The van der Waals surface area contributed by atoms with Crippen LogP contribution in [0.2, 0.25) is 0 Å². The Morgan fingerprint density at radius 1 is 1.26 bits per heavy atom. The van der Waals surface area contributed by atoms with Crippen LogP contribution in [0.25, 0.3) is 0 Å². The number of nitrogens with zero attached hydrogens (tertiary/aromatic N) is 1. The SMILES string of the molecule is CC(C)NS(=O)(=O)N1C[C@@H](N)[C@H](c2ccccc2)C1. The number of hydrogen-bond acceptors (Lipinski definition) is 3. The lowest BCUT2D eigenvalue weighted by Crippen LogP contribution is -2.43. The van der Waals surface area contributed by atoms with E-state index in [1.165, 1.54) is 4.31 Å². The molecule has 19 heavy (non-hydrogen) atoms. The molecule has 0 aliphatic carbocycles. The normalized spacial score (nSPS) is 25.1. The van der Waals surface area contributed by atoms with Crippen molar-refractivity contribution in [3.63, 3.8) is 0 Å². The fraction of sp³-hybridized carbons (Fsp3) is 0.538. The molecule has 5 nitrogen and oxygen atoms in total. The van der Waals surface area contributed by atoms with Crippen molar-refractivity contribution in [2.75, 3.05) is 13.1 Å². The van der Waals surface area contributed by atoms with Gasteiger partial charge >= 0.3 is 0 Å². The van der Waals surface area contributed by atoms with Crippen molar-refractivity contribution < 1.29 is 8.42 Å². The monoisotopic (exact) mass is 283 g/mol. The van der Waals surface area contributed by atoms with Crippen molar-refractivity contribution in [3.8, 4) is 0 Å². The molecule has 1 aromatic rings. The molecule has 1 fully saturated rings. The van der Waals surface area contributed by atoms with Crippen molar-refractivity contribution in [1.82, 2.24) is 9.03 Å². The minimum atomic E-state index is -3.43. The van der Waals surface area contributed by atoms with Crippen LogP contribution in [0.15, 0.2) is 30.3 Å². The van der Waals surface area contributed by atoms with E-state index in [2.05, 4.69) is 4.72 Å². The average Bonchev–Trinajstić information content (AvgIpc) is 2.72. The summed E-state index contributed by atoms with van der Waals surface area (Å²) < 4.78 is 28.3. The molecule has 0 amide bonds. The predicted molar refractivity (Wildman–Crippen MR) is 75.9 cm³/mol. The van der Waals surface area contributed by atoms with Crippen LogP contribution in [-0.4, -0.2) is 37.9 Å². The molecular weight excluding hydrogens is 262 g/mol. The molecule has 1 aliphatic rings. The summed E-state index contributed by atoms with van der Waals surface area (Å²) in [5.41, 5.74) is 7.19. The Hall–Kier alpha value is -0.950. The van der Waals surface area contributed by atoms with Crippen LogP contribution >= 0.6 is 0 Å². The molecule has 2 rings (SSSR count). The van der Waals surface area contributed by atoms with Gasteiger partial charge < -0.3 is 5.73 Å². The Labute approximate surface area is 115 Å². The first-order valence-corrected chi connectivity index (χ1v) is 7.92. The summed E-state index contributed by atoms with van der Waals surface area (Å²) in [6.45, 7) is 4.42. The topological polar surface area (TPSA) is 75.4 Å². The summed E-state index contributed by atoms with van der Waals surface area (Å²) in [5, 5.41) is 0. The van der Waals surface area contributed by atoms with Crippen LogP contribution in [0.1, 0.15) is 25.3 Å². The maximum Gasteiger partial charge on any atom is 0.279 e. The van der Waals surface area contributed by atoms with E-state index in [0.717, 1.165) is 5.56 Å². The van der Waals surface area contributed by atoms with Crippen LogP contribution in [0.5, 0.6) is 0 Å². The Bertz CT molecular complexity index is 516. The van der Waals surface area contributed by atoms with Crippen LogP contribution in [0.3, 0.4) is 0 Å². The molecule has 0 unspecified atom stereocenters. The lowest BCUT2D eigenvalue weighted by Gasteiger charge is -2.18. The quantitative estimate of drug-likeness (QED) is 0.852. The molecular formula is C13H21N3O2S. The van der Waals surface area contributed by atoms with Gasteiger partial charge in [0.25, 0.3) is 10.2 Å². The Balaban J connectivity index is 2.14. The van der Waals surface area contributed by atoms with E-state index in [1.807, 2.05) is 44.2 Å². The van der Waals surface area contributed by atoms with Gasteiger partial charge in [0.05, 0.1) is 0 Å². The largest absolute Gasteiger partial charge is 0.326 e. The van der Waals surface area contributed by atoms with Crippen LogP contribution < -0.4 is 10.5 Å². The van der Waals surface area contributed by atoms with Gasteiger partial charge in [0.15, 0.2) is 0 Å². The molecule has 3 N–H and O–H groups in total. The maximum absolute atomic E-state index is 12.1. The fourth-order valence-electron chi connectivity index (χ4n) is 2.41. The van der Waals surface area contributed by atoms with E-state index in [1.54, 1.807) is 0 Å². The highest BCUT2D eigenvalue weighted by atomic mass is 32.2. The third kappa shape index (κ3) is 3.33. The van der Waals surface area contributed by atoms with E-state index in [4.69, 9.17) is 5.73 Å². The first-order valence-electron chi connectivity index (χ1n) is 6.48. The van der Waals surface area contributed by atoms with Crippen molar-refractivity contribution in [2.45, 2.75) is 31.8 Å². The number of nitrogens with two attached hydrogens (primary N) is 1. The van der Waals surface area contributed by atoms with Gasteiger partial charge in [-0.1, -0.05) is 30.3 Å². The van der Waals surface area contributed by atoms with Crippen LogP contribution in [0, 0.1) is 0 Å². The first kappa shape index (κ1) is 14.5. The Kier molecular flexibility index (Phi) is 4.25. The smallest absolute Gasteiger partial charge is 0.279 e. The lowest BCUT2D eigenvalue weighted by atomic mass is 9.95.